The first-order valence-corrected chi connectivity index (χ1v) is 12.1. The first-order valence-electron chi connectivity index (χ1n) is 11.4. The normalized spacial score (nSPS) is 11.3. The van der Waals surface area contributed by atoms with Crippen LogP contribution in [0.3, 0.4) is 0 Å². The Morgan fingerprint density at radius 3 is 1.81 bits per heavy atom. The average Bonchev–Trinajstić information content (AvgIpc) is 2.68. The van der Waals surface area contributed by atoms with Crippen LogP contribution in [0.5, 0.6) is 0 Å². The summed E-state index contributed by atoms with van der Waals surface area (Å²) in [5, 5.41) is 2.61. The number of hydrogen-bond acceptors (Lipinski definition) is 1. The molecule has 0 bridgehead atoms. The number of unbranched alkanes of at least 4 members (excludes halogenated alkanes) is 13. The molecule has 0 aliphatic rings. The molecule has 0 atom stereocenters. The minimum atomic E-state index is 0.960. The molecule has 0 amide bonds. The molecular weight excluding hydrogens is 394 g/mol. The van der Waals surface area contributed by atoms with Crippen LogP contribution in [0, 0.1) is 0 Å². The number of nitrogens with zero attached hydrogens (tertiary/aromatic N) is 1. The maximum absolute atomic E-state index is 4.72. The van der Waals surface area contributed by atoms with Crippen molar-refractivity contribution >= 4 is 26.7 Å². The summed E-state index contributed by atoms with van der Waals surface area (Å²) in [4.78, 5) is 4.72. The fourth-order valence-corrected chi connectivity index (χ4v) is 4.37. The lowest BCUT2D eigenvalue weighted by Gasteiger charge is -2.07. The third-order valence-electron chi connectivity index (χ3n) is 5.56. The summed E-state index contributed by atoms with van der Waals surface area (Å²) in [5.41, 5.74) is 1.25. The van der Waals surface area contributed by atoms with Gasteiger partial charge in [0.15, 0.2) is 0 Å². The fourth-order valence-electron chi connectivity index (χ4n) is 3.91. The van der Waals surface area contributed by atoms with Crippen LogP contribution in [0.2, 0.25) is 0 Å². The molecule has 1 nitrogen and oxygen atoms in total. The van der Waals surface area contributed by atoms with Crippen molar-refractivity contribution in [3.8, 4) is 0 Å². The van der Waals surface area contributed by atoms with Crippen LogP contribution in [-0.2, 0) is 6.42 Å². The van der Waals surface area contributed by atoms with E-state index < -0.39 is 0 Å². The standard InChI is InChI=1S/C25H38BrN/c1-2-3-4-5-6-7-8-9-10-11-12-13-14-15-20-24-23-19-17-16-18-22(23)21-25(26)27-24/h16-19,21H,2-15,20H2,1H3. The third kappa shape index (κ3) is 9.23. The molecule has 0 saturated heterocycles. The summed E-state index contributed by atoms with van der Waals surface area (Å²) in [7, 11) is 0. The molecular formula is C25H38BrN. The number of aryl methyl sites for hydroxylation is 1. The molecule has 0 radical (unpaired) electrons. The molecule has 0 saturated carbocycles. The zero-order valence-corrected chi connectivity index (χ0v) is 18.9. The van der Waals surface area contributed by atoms with Crippen molar-refractivity contribution in [3.63, 3.8) is 0 Å². The summed E-state index contributed by atoms with van der Waals surface area (Å²) in [6.45, 7) is 2.29. The number of fused-ring (bicyclic) bond motifs is 1. The van der Waals surface area contributed by atoms with Gasteiger partial charge < -0.3 is 0 Å². The SMILES string of the molecule is CCCCCCCCCCCCCCCCc1nc(Br)cc2ccccc12. The van der Waals surface area contributed by atoms with E-state index in [2.05, 4.69) is 53.2 Å². The molecule has 0 N–H and O–H groups in total. The Hall–Kier alpha value is -0.890. The Morgan fingerprint density at radius 2 is 1.22 bits per heavy atom. The Kier molecular flexibility index (Phi) is 11.7. The molecule has 2 heteroatoms. The second kappa shape index (κ2) is 14.2. The maximum atomic E-state index is 4.72. The molecule has 2 aromatic rings. The molecule has 0 unspecified atom stereocenters. The molecule has 1 aromatic carbocycles. The zero-order valence-electron chi connectivity index (χ0n) is 17.3. The zero-order chi connectivity index (χ0) is 19.2. The average molecular weight is 432 g/mol. The van der Waals surface area contributed by atoms with Gasteiger partial charge in [-0.3, -0.25) is 0 Å². The molecule has 0 aliphatic carbocycles. The lowest BCUT2D eigenvalue weighted by Crippen LogP contribution is -1.93. The van der Waals surface area contributed by atoms with E-state index in [1.54, 1.807) is 0 Å². The summed E-state index contributed by atoms with van der Waals surface area (Å²) >= 11 is 3.56. The van der Waals surface area contributed by atoms with E-state index in [4.69, 9.17) is 4.98 Å². The van der Waals surface area contributed by atoms with Crippen LogP contribution in [0.25, 0.3) is 10.8 Å². The minimum absolute atomic E-state index is 0.960. The number of rotatable bonds is 15. The third-order valence-corrected chi connectivity index (χ3v) is 5.96. The molecule has 1 aromatic heterocycles. The van der Waals surface area contributed by atoms with Gasteiger partial charge in [0.1, 0.15) is 4.60 Å². The highest BCUT2D eigenvalue weighted by molar-refractivity contribution is 9.10. The van der Waals surface area contributed by atoms with Gasteiger partial charge >= 0.3 is 0 Å². The number of aromatic nitrogens is 1. The maximum Gasteiger partial charge on any atom is 0.107 e. The van der Waals surface area contributed by atoms with Gasteiger partial charge in [0.2, 0.25) is 0 Å². The summed E-state index contributed by atoms with van der Waals surface area (Å²) < 4.78 is 0.960. The molecule has 0 spiro atoms. The van der Waals surface area contributed by atoms with Gasteiger partial charge in [-0.1, -0.05) is 115 Å². The Labute approximate surface area is 175 Å². The van der Waals surface area contributed by atoms with Crippen molar-refractivity contribution < 1.29 is 0 Å². The van der Waals surface area contributed by atoms with E-state index in [1.807, 2.05) is 0 Å². The molecule has 1 heterocycles. The van der Waals surface area contributed by atoms with Crippen molar-refractivity contribution in [1.29, 1.82) is 0 Å². The van der Waals surface area contributed by atoms with E-state index in [-0.39, 0.29) is 0 Å². The van der Waals surface area contributed by atoms with Crippen molar-refractivity contribution in [2.75, 3.05) is 0 Å². The monoisotopic (exact) mass is 431 g/mol. The Balaban J connectivity index is 1.48. The van der Waals surface area contributed by atoms with Crippen LogP contribution in [-0.4, -0.2) is 4.98 Å². The van der Waals surface area contributed by atoms with Crippen molar-refractivity contribution in [2.24, 2.45) is 0 Å². The smallest absolute Gasteiger partial charge is 0.107 e. The van der Waals surface area contributed by atoms with Gasteiger partial charge in [-0.05, 0) is 40.2 Å². The van der Waals surface area contributed by atoms with E-state index in [1.165, 1.54) is 106 Å². The van der Waals surface area contributed by atoms with Gasteiger partial charge in [0, 0.05) is 11.1 Å². The lowest BCUT2D eigenvalue weighted by atomic mass is 10.0. The molecule has 150 valence electrons. The number of hydrogen-bond donors (Lipinski definition) is 0. The van der Waals surface area contributed by atoms with Gasteiger partial charge in [0.05, 0.1) is 0 Å². The number of halogens is 1. The predicted molar refractivity (Wildman–Crippen MR) is 123 cm³/mol. The molecule has 0 fully saturated rings. The van der Waals surface area contributed by atoms with E-state index in [0.29, 0.717) is 0 Å². The van der Waals surface area contributed by atoms with Crippen LogP contribution >= 0.6 is 15.9 Å². The highest BCUT2D eigenvalue weighted by atomic mass is 79.9. The van der Waals surface area contributed by atoms with Crippen LogP contribution in [0.1, 0.15) is 103 Å². The first kappa shape index (κ1) is 22.4. The highest BCUT2D eigenvalue weighted by Crippen LogP contribution is 2.23. The quantitative estimate of drug-likeness (QED) is 0.202. The van der Waals surface area contributed by atoms with E-state index in [9.17, 15) is 0 Å². The van der Waals surface area contributed by atoms with Crippen molar-refractivity contribution in [2.45, 2.75) is 103 Å². The van der Waals surface area contributed by atoms with Crippen LogP contribution in [0.15, 0.2) is 34.9 Å². The van der Waals surface area contributed by atoms with E-state index >= 15 is 0 Å². The van der Waals surface area contributed by atoms with Gasteiger partial charge in [-0.2, -0.15) is 0 Å². The predicted octanol–water partition coefficient (Wildman–Crippen LogP) is 9.02. The first-order chi connectivity index (χ1) is 13.3. The molecule has 2 rings (SSSR count). The largest absolute Gasteiger partial charge is 0.245 e. The number of pyridine rings is 1. The minimum Gasteiger partial charge on any atom is -0.245 e. The van der Waals surface area contributed by atoms with E-state index in [0.717, 1.165) is 11.0 Å². The fraction of sp³-hybridized carbons (Fsp3) is 0.640. The summed E-state index contributed by atoms with van der Waals surface area (Å²) in [5.74, 6) is 0. The lowest BCUT2D eigenvalue weighted by molar-refractivity contribution is 0.535. The molecule has 27 heavy (non-hydrogen) atoms. The van der Waals surface area contributed by atoms with Gasteiger partial charge in [-0.15, -0.1) is 0 Å². The van der Waals surface area contributed by atoms with Crippen molar-refractivity contribution in [3.05, 3.63) is 40.6 Å². The van der Waals surface area contributed by atoms with Crippen LogP contribution < -0.4 is 0 Å². The van der Waals surface area contributed by atoms with Crippen molar-refractivity contribution in [1.82, 2.24) is 4.98 Å². The molecule has 0 aliphatic heterocycles. The second-order valence-corrected chi connectivity index (χ2v) is 8.77. The van der Waals surface area contributed by atoms with Gasteiger partial charge in [0.25, 0.3) is 0 Å². The summed E-state index contributed by atoms with van der Waals surface area (Å²) in [6.07, 6.45) is 20.8. The topological polar surface area (TPSA) is 12.9 Å². The Bertz CT molecular complexity index is 637. The summed E-state index contributed by atoms with van der Waals surface area (Å²) in [6, 6.07) is 10.7. The number of benzene rings is 1. The van der Waals surface area contributed by atoms with Crippen LogP contribution in [0.4, 0.5) is 0 Å². The van der Waals surface area contributed by atoms with Gasteiger partial charge in [-0.25, -0.2) is 4.98 Å². The highest BCUT2D eigenvalue weighted by Gasteiger charge is 2.04. The Morgan fingerprint density at radius 1 is 0.704 bits per heavy atom. The second-order valence-electron chi connectivity index (χ2n) is 7.96.